The molecule has 0 aliphatic carbocycles. The van der Waals surface area contributed by atoms with Gasteiger partial charge in [-0.15, -0.1) is 0 Å². The summed E-state index contributed by atoms with van der Waals surface area (Å²) in [6.45, 7) is 0.874. The number of aliphatic hydroxyl groups is 1. The highest BCUT2D eigenvalue weighted by molar-refractivity contribution is 6.30. The van der Waals surface area contributed by atoms with E-state index in [2.05, 4.69) is 10.3 Å². The molecule has 0 unspecified atom stereocenters. The molecule has 2 aromatic carbocycles. The predicted octanol–water partition coefficient (Wildman–Crippen LogP) is 2.77. The molecule has 136 valence electrons. The zero-order valence-electron chi connectivity index (χ0n) is 14.2. The van der Waals surface area contributed by atoms with Gasteiger partial charge in [-0.2, -0.15) is 0 Å². The van der Waals surface area contributed by atoms with E-state index in [1.54, 1.807) is 24.3 Å². The Balaban J connectivity index is 1.77. The van der Waals surface area contributed by atoms with Crippen LogP contribution >= 0.6 is 11.6 Å². The van der Waals surface area contributed by atoms with Crippen LogP contribution in [0.1, 0.15) is 12.2 Å². The van der Waals surface area contributed by atoms with Gasteiger partial charge in [0.25, 0.3) is 0 Å². The second-order valence-corrected chi connectivity index (χ2v) is 6.21. The highest BCUT2D eigenvalue weighted by Crippen LogP contribution is 2.20. The Morgan fingerprint density at radius 1 is 1.19 bits per heavy atom. The number of rotatable bonds is 8. The smallest absolute Gasteiger partial charge is 0.240 e. The van der Waals surface area contributed by atoms with Gasteiger partial charge in [-0.05, 0) is 42.8 Å². The average Bonchev–Trinajstić information content (AvgIpc) is 2.99. The summed E-state index contributed by atoms with van der Waals surface area (Å²) in [5.41, 5.74) is 1.69. The molecule has 0 atom stereocenters. The number of carbonyl (C=O) groups is 1. The quantitative estimate of drug-likeness (QED) is 0.595. The van der Waals surface area contributed by atoms with Crippen molar-refractivity contribution in [2.75, 3.05) is 13.2 Å². The number of imidazole rings is 1. The van der Waals surface area contributed by atoms with Crippen molar-refractivity contribution in [3.63, 3.8) is 0 Å². The van der Waals surface area contributed by atoms with Gasteiger partial charge in [0, 0.05) is 18.2 Å². The summed E-state index contributed by atoms with van der Waals surface area (Å²) >= 11 is 5.88. The van der Waals surface area contributed by atoms with Crippen LogP contribution in [0.5, 0.6) is 5.75 Å². The molecule has 2 N–H and O–H groups in total. The van der Waals surface area contributed by atoms with Crippen molar-refractivity contribution in [2.24, 2.45) is 0 Å². The Kier molecular flexibility index (Phi) is 6.09. The lowest BCUT2D eigenvalue weighted by Crippen LogP contribution is -2.29. The molecule has 3 rings (SSSR count). The van der Waals surface area contributed by atoms with Gasteiger partial charge in [-0.25, -0.2) is 4.98 Å². The van der Waals surface area contributed by atoms with Crippen molar-refractivity contribution in [3.8, 4) is 5.75 Å². The molecule has 26 heavy (non-hydrogen) atoms. The van der Waals surface area contributed by atoms with E-state index in [0.717, 1.165) is 11.0 Å². The fourth-order valence-corrected chi connectivity index (χ4v) is 2.72. The second kappa shape index (κ2) is 8.69. The van der Waals surface area contributed by atoms with Crippen molar-refractivity contribution >= 4 is 28.5 Å². The number of amides is 1. The molecule has 0 aliphatic rings. The van der Waals surface area contributed by atoms with Gasteiger partial charge in [0.15, 0.2) is 0 Å². The number of ether oxygens (including phenoxy) is 1. The van der Waals surface area contributed by atoms with Crippen LogP contribution in [0.15, 0.2) is 48.5 Å². The largest absolute Gasteiger partial charge is 0.486 e. The van der Waals surface area contributed by atoms with Gasteiger partial charge in [-0.1, -0.05) is 23.7 Å². The molecule has 0 saturated carbocycles. The number of aromatic nitrogens is 2. The maximum Gasteiger partial charge on any atom is 0.240 e. The topological polar surface area (TPSA) is 76.4 Å². The first-order valence-corrected chi connectivity index (χ1v) is 8.75. The molecule has 0 aliphatic heterocycles. The van der Waals surface area contributed by atoms with Crippen molar-refractivity contribution in [1.29, 1.82) is 0 Å². The first-order chi connectivity index (χ1) is 12.7. The fraction of sp³-hybridized carbons (Fsp3) is 0.263. The van der Waals surface area contributed by atoms with Crippen molar-refractivity contribution < 1.29 is 14.6 Å². The molecule has 1 aromatic heterocycles. The predicted molar refractivity (Wildman–Crippen MR) is 100 cm³/mol. The summed E-state index contributed by atoms with van der Waals surface area (Å²) in [5, 5.41) is 12.3. The highest BCUT2D eigenvalue weighted by Gasteiger charge is 2.14. The van der Waals surface area contributed by atoms with Crippen LogP contribution in [0.2, 0.25) is 5.02 Å². The highest BCUT2D eigenvalue weighted by atomic mass is 35.5. The summed E-state index contributed by atoms with van der Waals surface area (Å²) in [6.07, 6.45) is 0.531. The molecular weight excluding hydrogens is 354 g/mol. The van der Waals surface area contributed by atoms with Crippen molar-refractivity contribution in [1.82, 2.24) is 14.9 Å². The van der Waals surface area contributed by atoms with Crippen LogP contribution in [-0.2, 0) is 17.9 Å². The Labute approximate surface area is 156 Å². The molecular formula is C19H20ClN3O3. The molecule has 1 amide bonds. The van der Waals surface area contributed by atoms with Gasteiger partial charge < -0.3 is 19.7 Å². The van der Waals surface area contributed by atoms with E-state index in [1.165, 1.54) is 0 Å². The minimum atomic E-state index is -0.130. The first-order valence-electron chi connectivity index (χ1n) is 8.37. The molecule has 6 nitrogen and oxygen atoms in total. The molecule has 7 heteroatoms. The number of benzene rings is 2. The van der Waals surface area contributed by atoms with E-state index in [0.29, 0.717) is 29.6 Å². The number of nitrogens with one attached hydrogen (secondary N) is 1. The standard InChI is InChI=1S/C19H20ClN3O3/c20-14-6-8-15(9-7-14)26-13-18-22-16-4-1-2-5-17(16)23(18)12-19(25)21-10-3-11-24/h1-2,4-9,24H,3,10-13H2,(H,21,25). The zero-order chi connectivity index (χ0) is 18.4. The number of fused-ring (bicyclic) bond motifs is 1. The number of nitrogens with zero attached hydrogens (tertiary/aromatic N) is 2. The number of hydrogen-bond acceptors (Lipinski definition) is 4. The van der Waals surface area contributed by atoms with Crippen LogP contribution in [0.3, 0.4) is 0 Å². The lowest BCUT2D eigenvalue weighted by Gasteiger charge is -2.11. The van der Waals surface area contributed by atoms with Gasteiger partial charge in [0.05, 0.1) is 11.0 Å². The third-order valence-electron chi connectivity index (χ3n) is 3.87. The molecule has 0 bridgehead atoms. The maximum absolute atomic E-state index is 12.2. The van der Waals surface area contributed by atoms with E-state index < -0.39 is 0 Å². The van der Waals surface area contributed by atoms with Gasteiger partial charge in [0.2, 0.25) is 5.91 Å². The lowest BCUT2D eigenvalue weighted by atomic mass is 10.3. The fourth-order valence-electron chi connectivity index (χ4n) is 2.60. The third-order valence-corrected chi connectivity index (χ3v) is 4.13. The molecule has 0 saturated heterocycles. The van der Waals surface area contributed by atoms with Crippen molar-refractivity contribution in [3.05, 3.63) is 59.4 Å². The SMILES string of the molecule is O=C(Cn1c(COc2ccc(Cl)cc2)nc2ccccc21)NCCCO. The first kappa shape index (κ1) is 18.2. The Hall–Kier alpha value is -2.57. The minimum Gasteiger partial charge on any atom is -0.486 e. The number of para-hydroxylation sites is 2. The third kappa shape index (κ3) is 4.53. The van der Waals surface area contributed by atoms with Crippen LogP contribution in [0.25, 0.3) is 11.0 Å². The van der Waals surface area contributed by atoms with Crippen LogP contribution in [0, 0.1) is 0 Å². The summed E-state index contributed by atoms with van der Waals surface area (Å²) in [5.74, 6) is 1.22. The normalized spacial score (nSPS) is 10.8. The average molecular weight is 374 g/mol. The van der Waals surface area contributed by atoms with E-state index in [-0.39, 0.29) is 25.7 Å². The number of halogens is 1. The molecule has 0 fully saturated rings. The van der Waals surface area contributed by atoms with E-state index in [9.17, 15) is 4.79 Å². The molecule has 0 spiro atoms. The van der Waals surface area contributed by atoms with Crippen molar-refractivity contribution in [2.45, 2.75) is 19.6 Å². The summed E-state index contributed by atoms with van der Waals surface area (Å²) in [6, 6.07) is 14.7. The number of aliphatic hydroxyl groups excluding tert-OH is 1. The van der Waals surface area contributed by atoms with Gasteiger partial charge >= 0.3 is 0 Å². The molecule has 0 radical (unpaired) electrons. The number of hydrogen-bond donors (Lipinski definition) is 2. The monoisotopic (exact) mass is 373 g/mol. The van der Waals surface area contributed by atoms with E-state index in [4.69, 9.17) is 21.4 Å². The molecule has 3 aromatic rings. The second-order valence-electron chi connectivity index (χ2n) is 5.77. The van der Waals surface area contributed by atoms with E-state index >= 15 is 0 Å². The van der Waals surface area contributed by atoms with Crippen LogP contribution in [-0.4, -0.2) is 33.7 Å². The lowest BCUT2D eigenvalue weighted by molar-refractivity contribution is -0.121. The zero-order valence-corrected chi connectivity index (χ0v) is 14.9. The van der Waals surface area contributed by atoms with Crippen LogP contribution < -0.4 is 10.1 Å². The van der Waals surface area contributed by atoms with Crippen LogP contribution in [0.4, 0.5) is 0 Å². The van der Waals surface area contributed by atoms with E-state index in [1.807, 2.05) is 28.8 Å². The Morgan fingerprint density at radius 2 is 1.96 bits per heavy atom. The summed E-state index contributed by atoms with van der Waals surface area (Å²) in [7, 11) is 0. The van der Waals surface area contributed by atoms with Gasteiger partial charge in [-0.3, -0.25) is 4.79 Å². The maximum atomic E-state index is 12.2. The Bertz CT molecular complexity index is 877. The minimum absolute atomic E-state index is 0.0501. The Morgan fingerprint density at radius 3 is 2.73 bits per heavy atom. The number of carbonyl (C=O) groups excluding carboxylic acids is 1. The van der Waals surface area contributed by atoms with Gasteiger partial charge in [0.1, 0.15) is 24.7 Å². The summed E-state index contributed by atoms with van der Waals surface area (Å²) < 4.78 is 7.64. The molecule has 1 heterocycles. The summed E-state index contributed by atoms with van der Waals surface area (Å²) in [4.78, 5) is 16.8.